The summed E-state index contributed by atoms with van der Waals surface area (Å²) in [7, 11) is 0. The van der Waals surface area contributed by atoms with Gasteiger partial charge in [-0.2, -0.15) is 0 Å². The van der Waals surface area contributed by atoms with E-state index in [1.807, 2.05) is 0 Å². The molecule has 0 spiro atoms. The van der Waals surface area contributed by atoms with Crippen LogP contribution in [0.25, 0.3) is 0 Å². The van der Waals surface area contributed by atoms with Gasteiger partial charge in [-0.05, 0) is 23.4 Å². The van der Waals surface area contributed by atoms with Gasteiger partial charge >= 0.3 is 11.9 Å². The lowest BCUT2D eigenvalue weighted by Gasteiger charge is -2.35. The molecule has 0 aromatic heterocycles. The Balaban J connectivity index is 2.81. The van der Waals surface area contributed by atoms with Crippen molar-refractivity contribution >= 4 is 27.9 Å². The maximum Gasteiger partial charge on any atom is 0.303 e. The number of aliphatic hydroxyl groups is 1. The molecule has 0 saturated carbocycles. The van der Waals surface area contributed by atoms with Crippen LogP contribution in [0.2, 0.25) is 0 Å². The summed E-state index contributed by atoms with van der Waals surface area (Å²) >= 11 is 3.28. The predicted molar refractivity (Wildman–Crippen MR) is 63.4 cm³/mol. The van der Waals surface area contributed by atoms with E-state index < -0.39 is 23.6 Å². The van der Waals surface area contributed by atoms with Gasteiger partial charge in [-0.15, -0.1) is 0 Å². The topological polar surface area (TPSA) is 72.8 Å². The van der Waals surface area contributed by atoms with Crippen LogP contribution in [0.5, 0.6) is 0 Å². The molecule has 1 aliphatic rings. The number of allylic oxidation sites excluding steroid dienone is 1. The molecule has 0 saturated heterocycles. The molecule has 1 N–H and O–H groups in total. The number of rotatable bonds is 3. The highest BCUT2D eigenvalue weighted by Crippen LogP contribution is 2.32. The molecule has 1 aliphatic carbocycles. The first-order valence-corrected chi connectivity index (χ1v) is 6.03. The number of ether oxygens (including phenoxy) is 2. The lowest BCUT2D eigenvalue weighted by Crippen LogP contribution is -2.49. The third-order valence-electron chi connectivity index (χ3n) is 2.42. The molecular formula is C11H15BrO5. The molecule has 96 valence electrons. The summed E-state index contributed by atoms with van der Waals surface area (Å²) in [5.41, 5.74) is -1.46. The first kappa shape index (κ1) is 14.2. The van der Waals surface area contributed by atoms with Crippen molar-refractivity contribution in [1.82, 2.24) is 0 Å². The highest BCUT2D eigenvalue weighted by Gasteiger charge is 2.41. The average Bonchev–Trinajstić information content (AvgIpc) is 2.19. The Labute approximate surface area is 108 Å². The van der Waals surface area contributed by atoms with E-state index in [9.17, 15) is 14.7 Å². The minimum absolute atomic E-state index is 0.227. The lowest BCUT2D eigenvalue weighted by molar-refractivity contribution is -0.169. The minimum atomic E-state index is -1.46. The van der Waals surface area contributed by atoms with Gasteiger partial charge in [0.05, 0.1) is 0 Å². The van der Waals surface area contributed by atoms with E-state index in [-0.39, 0.29) is 6.61 Å². The second-order valence-corrected chi connectivity index (χ2v) is 5.02. The number of halogens is 1. The number of hydrogen-bond acceptors (Lipinski definition) is 5. The van der Waals surface area contributed by atoms with Crippen molar-refractivity contribution in [2.75, 3.05) is 6.61 Å². The first-order valence-electron chi connectivity index (χ1n) is 5.23. The molecule has 0 amide bonds. The Morgan fingerprint density at radius 3 is 2.71 bits per heavy atom. The minimum Gasteiger partial charge on any atom is -0.462 e. The van der Waals surface area contributed by atoms with Crippen LogP contribution in [-0.2, 0) is 19.1 Å². The highest BCUT2D eigenvalue weighted by atomic mass is 79.9. The van der Waals surface area contributed by atoms with Crippen molar-refractivity contribution in [2.45, 2.75) is 38.4 Å². The number of carbonyl (C=O) groups is 2. The van der Waals surface area contributed by atoms with Crippen molar-refractivity contribution < 1.29 is 24.2 Å². The quantitative estimate of drug-likeness (QED) is 0.795. The van der Waals surface area contributed by atoms with Gasteiger partial charge in [0.1, 0.15) is 12.7 Å². The van der Waals surface area contributed by atoms with Crippen LogP contribution in [0, 0.1) is 0 Å². The Morgan fingerprint density at radius 1 is 1.53 bits per heavy atom. The first-order chi connectivity index (χ1) is 7.83. The fourth-order valence-electron chi connectivity index (χ4n) is 1.67. The second-order valence-electron chi connectivity index (χ2n) is 4.00. The van der Waals surface area contributed by atoms with Crippen LogP contribution in [0.4, 0.5) is 0 Å². The molecular weight excluding hydrogens is 292 g/mol. The Hall–Kier alpha value is -0.880. The molecule has 6 heteroatoms. The normalized spacial score (nSPS) is 28.2. The molecule has 0 aromatic rings. The third-order valence-corrected chi connectivity index (χ3v) is 3.05. The molecule has 0 bridgehead atoms. The van der Waals surface area contributed by atoms with Crippen LogP contribution in [0.3, 0.4) is 0 Å². The van der Waals surface area contributed by atoms with Crippen molar-refractivity contribution in [3.05, 3.63) is 10.6 Å². The lowest BCUT2D eigenvalue weighted by atomic mass is 9.88. The summed E-state index contributed by atoms with van der Waals surface area (Å²) in [5, 5.41) is 10.3. The van der Waals surface area contributed by atoms with E-state index in [1.54, 1.807) is 0 Å². The van der Waals surface area contributed by atoms with Crippen molar-refractivity contribution in [2.24, 2.45) is 0 Å². The summed E-state index contributed by atoms with van der Waals surface area (Å²) in [5.74, 6) is -0.960. The van der Waals surface area contributed by atoms with E-state index in [2.05, 4.69) is 15.9 Å². The monoisotopic (exact) mass is 306 g/mol. The van der Waals surface area contributed by atoms with E-state index >= 15 is 0 Å². The van der Waals surface area contributed by atoms with Crippen LogP contribution in [0.1, 0.15) is 26.7 Å². The molecule has 0 unspecified atom stereocenters. The molecule has 0 fully saturated rings. The SMILES string of the molecule is CC(=O)OC[C@]1(O)C=C(Br)CC[C@@H]1OC(C)=O. The van der Waals surface area contributed by atoms with Crippen LogP contribution < -0.4 is 0 Å². The van der Waals surface area contributed by atoms with Crippen molar-refractivity contribution in [3.8, 4) is 0 Å². The second kappa shape index (κ2) is 5.64. The van der Waals surface area contributed by atoms with Gasteiger partial charge in [-0.3, -0.25) is 9.59 Å². The Kier molecular flexibility index (Phi) is 4.70. The van der Waals surface area contributed by atoms with Gasteiger partial charge in [-0.1, -0.05) is 15.9 Å². The van der Waals surface area contributed by atoms with Gasteiger partial charge in [0.25, 0.3) is 0 Å². The molecule has 1 rings (SSSR count). The predicted octanol–water partition coefficient (Wildman–Crippen LogP) is 1.28. The van der Waals surface area contributed by atoms with Crippen LogP contribution in [-0.4, -0.2) is 35.4 Å². The summed E-state index contributed by atoms with van der Waals surface area (Å²) in [6.45, 7) is 2.31. The molecule has 0 heterocycles. The van der Waals surface area contributed by atoms with E-state index in [1.165, 1.54) is 19.9 Å². The number of hydrogen-bond donors (Lipinski definition) is 1. The maximum atomic E-state index is 10.9. The van der Waals surface area contributed by atoms with Crippen LogP contribution in [0.15, 0.2) is 10.6 Å². The van der Waals surface area contributed by atoms with Crippen molar-refractivity contribution in [1.29, 1.82) is 0 Å². The third kappa shape index (κ3) is 4.12. The number of esters is 2. The summed E-state index contributed by atoms with van der Waals surface area (Å²) < 4.78 is 10.6. The zero-order valence-electron chi connectivity index (χ0n) is 9.73. The summed E-state index contributed by atoms with van der Waals surface area (Å²) in [4.78, 5) is 21.7. The fourth-order valence-corrected chi connectivity index (χ4v) is 2.29. The van der Waals surface area contributed by atoms with E-state index in [0.29, 0.717) is 12.8 Å². The Bertz CT molecular complexity index is 352. The standard InChI is InChI=1S/C11H15BrO5/c1-7(13)16-6-11(15)5-9(12)3-4-10(11)17-8(2)14/h5,10,15H,3-4,6H2,1-2H3/t10-,11+/m0/s1. The van der Waals surface area contributed by atoms with Gasteiger partial charge < -0.3 is 14.6 Å². The maximum absolute atomic E-state index is 10.9. The van der Waals surface area contributed by atoms with Crippen molar-refractivity contribution in [3.63, 3.8) is 0 Å². The Morgan fingerprint density at radius 2 is 2.18 bits per heavy atom. The number of carbonyl (C=O) groups excluding carboxylic acids is 2. The van der Waals surface area contributed by atoms with Crippen LogP contribution >= 0.6 is 15.9 Å². The molecule has 2 atom stereocenters. The average molecular weight is 307 g/mol. The van der Waals surface area contributed by atoms with E-state index in [0.717, 1.165) is 4.48 Å². The van der Waals surface area contributed by atoms with Gasteiger partial charge in [0, 0.05) is 13.8 Å². The zero-order valence-corrected chi connectivity index (χ0v) is 11.3. The molecule has 5 nitrogen and oxygen atoms in total. The van der Waals surface area contributed by atoms with Gasteiger partial charge in [0.15, 0.2) is 5.60 Å². The summed E-state index contributed by atoms with van der Waals surface area (Å²) in [6, 6.07) is 0. The highest BCUT2D eigenvalue weighted by molar-refractivity contribution is 9.11. The molecule has 0 aliphatic heterocycles. The summed E-state index contributed by atoms with van der Waals surface area (Å²) in [6.07, 6.45) is 1.97. The molecule has 0 aromatic carbocycles. The van der Waals surface area contributed by atoms with E-state index in [4.69, 9.17) is 9.47 Å². The zero-order chi connectivity index (χ0) is 13.1. The van der Waals surface area contributed by atoms with Gasteiger partial charge in [-0.25, -0.2) is 0 Å². The molecule has 0 radical (unpaired) electrons. The fraction of sp³-hybridized carbons (Fsp3) is 0.636. The largest absolute Gasteiger partial charge is 0.462 e. The smallest absolute Gasteiger partial charge is 0.303 e. The molecule has 17 heavy (non-hydrogen) atoms. The van der Waals surface area contributed by atoms with Gasteiger partial charge in [0.2, 0.25) is 0 Å².